The van der Waals surface area contributed by atoms with Crippen LogP contribution in [0.4, 0.5) is 0 Å². The Morgan fingerprint density at radius 3 is 2.56 bits per heavy atom. The zero-order valence-electron chi connectivity index (χ0n) is 11.4. The zero-order valence-corrected chi connectivity index (χ0v) is 11.4. The van der Waals surface area contributed by atoms with Crippen molar-refractivity contribution in [2.24, 2.45) is 5.73 Å². The number of para-hydroxylation sites is 1. The molecule has 2 N–H and O–H groups in total. The van der Waals surface area contributed by atoms with Gasteiger partial charge in [-0.15, -0.1) is 0 Å². The van der Waals surface area contributed by atoms with Crippen LogP contribution in [-0.4, -0.2) is 26.0 Å². The van der Waals surface area contributed by atoms with Crippen molar-refractivity contribution < 1.29 is 14.2 Å². The van der Waals surface area contributed by atoms with Crippen LogP contribution in [0.25, 0.3) is 0 Å². The Labute approximate surface area is 109 Å². The Bertz CT molecular complexity index is 353. The maximum absolute atomic E-state index is 5.84. The summed E-state index contributed by atoms with van der Waals surface area (Å²) in [7, 11) is 0. The number of ether oxygens (including phenoxy) is 3. The first kappa shape index (κ1) is 14.8. The lowest BCUT2D eigenvalue weighted by Crippen LogP contribution is -2.18. The molecule has 18 heavy (non-hydrogen) atoms. The molecule has 4 nitrogen and oxygen atoms in total. The second-order valence-corrected chi connectivity index (χ2v) is 4.11. The molecule has 102 valence electrons. The lowest BCUT2D eigenvalue weighted by atomic mass is 10.1. The molecule has 0 saturated carbocycles. The monoisotopic (exact) mass is 253 g/mol. The van der Waals surface area contributed by atoms with E-state index < -0.39 is 0 Å². The summed E-state index contributed by atoms with van der Waals surface area (Å²) >= 11 is 0. The topological polar surface area (TPSA) is 53.7 Å². The van der Waals surface area contributed by atoms with E-state index in [1.807, 2.05) is 39.0 Å². The van der Waals surface area contributed by atoms with Gasteiger partial charge >= 0.3 is 0 Å². The highest BCUT2D eigenvalue weighted by molar-refractivity contribution is 5.47. The quantitative estimate of drug-likeness (QED) is 0.571. The molecule has 0 heterocycles. The third-order valence-electron chi connectivity index (χ3n) is 2.39. The third kappa shape index (κ3) is 4.55. The predicted octanol–water partition coefficient (Wildman–Crippen LogP) is 2.35. The Morgan fingerprint density at radius 1 is 1.17 bits per heavy atom. The van der Waals surface area contributed by atoms with Crippen LogP contribution in [0.15, 0.2) is 18.2 Å². The van der Waals surface area contributed by atoms with Crippen LogP contribution >= 0.6 is 0 Å². The zero-order chi connectivity index (χ0) is 13.4. The van der Waals surface area contributed by atoms with Crippen molar-refractivity contribution in [3.63, 3.8) is 0 Å². The van der Waals surface area contributed by atoms with Gasteiger partial charge in [0.25, 0.3) is 0 Å². The van der Waals surface area contributed by atoms with Crippen LogP contribution in [0.5, 0.6) is 11.5 Å². The van der Waals surface area contributed by atoms with Crippen LogP contribution in [0.2, 0.25) is 0 Å². The molecular formula is C14H23NO3. The summed E-state index contributed by atoms with van der Waals surface area (Å²) < 4.78 is 16.4. The minimum atomic E-state index is 0.0799. The van der Waals surface area contributed by atoms with Gasteiger partial charge in [0.1, 0.15) is 0 Å². The van der Waals surface area contributed by atoms with Gasteiger partial charge in [-0.25, -0.2) is 0 Å². The van der Waals surface area contributed by atoms with Crippen LogP contribution in [0.1, 0.15) is 26.3 Å². The average Bonchev–Trinajstić information content (AvgIpc) is 2.32. The van der Waals surface area contributed by atoms with Crippen molar-refractivity contribution in [3.05, 3.63) is 23.8 Å². The predicted molar refractivity (Wildman–Crippen MR) is 72.1 cm³/mol. The molecule has 1 atom stereocenters. The van der Waals surface area contributed by atoms with E-state index in [-0.39, 0.29) is 12.8 Å². The Hall–Kier alpha value is -1.26. The molecule has 1 aromatic rings. The number of hydrogen-bond acceptors (Lipinski definition) is 4. The van der Waals surface area contributed by atoms with Crippen LogP contribution in [0, 0.1) is 0 Å². The first-order valence-electron chi connectivity index (χ1n) is 6.39. The molecule has 1 rings (SSSR count). The van der Waals surface area contributed by atoms with Crippen LogP contribution in [-0.2, 0) is 11.2 Å². The minimum absolute atomic E-state index is 0.0799. The van der Waals surface area contributed by atoms with Crippen molar-refractivity contribution in [2.45, 2.75) is 33.2 Å². The molecule has 0 aliphatic heterocycles. The van der Waals surface area contributed by atoms with E-state index in [0.29, 0.717) is 13.2 Å². The molecule has 1 aromatic carbocycles. The van der Waals surface area contributed by atoms with Gasteiger partial charge in [0, 0.05) is 12.6 Å². The summed E-state index contributed by atoms with van der Waals surface area (Å²) in [5.74, 6) is 1.49. The fourth-order valence-electron chi connectivity index (χ4n) is 1.69. The Kier molecular flexibility index (Phi) is 6.54. The van der Waals surface area contributed by atoms with Crippen LogP contribution < -0.4 is 15.2 Å². The van der Waals surface area contributed by atoms with Gasteiger partial charge in [0.15, 0.2) is 18.3 Å². The second-order valence-electron chi connectivity index (χ2n) is 4.11. The van der Waals surface area contributed by atoms with Crippen molar-refractivity contribution in [3.8, 4) is 11.5 Å². The summed E-state index contributed by atoms with van der Waals surface area (Å²) in [5.41, 5.74) is 6.90. The molecule has 0 bridgehead atoms. The largest absolute Gasteiger partial charge is 0.490 e. The lowest BCUT2D eigenvalue weighted by molar-refractivity contribution is 0.0199. The smallest absolute Gasteiger partial charge is 0.189 e. The molecule has 1 unspecified atom stereocenters. The van der Waals surface area contributed by atoms with Gasteiger partial charge in [-0.3, -0.25) is 0 Å². The van der Waals surface area contributed by atoms with Gasteiger partial charge < -0.3 is 19.9 Å². The number of rotatable bonds is 8. The van der Waals surface area contributed by atoms with Gasteiger partial charge in [0.2, 0.25) is 0 Å². The van der Waals surface area contributed by atoms with Gasteiger partial charge in [0.05, 0.1) is 6.61 Å². The summed E-state index contributed by atoms with van der Waals surface area (Å²) in [6, 6.07) is 5.94. The molecule has 0 amide bonds. The molecule has 0 aliphatic rings. The minimum Gasteiger partial charge on any atom is -0.490 e. The highest BCUT2D eigenvalue weighted by Crippen LogP contribution is 2.32. The van der Waals surface area contributed by atoms with Crippen molar-refractivity contribution in [1.82, 2.24) is 0 Å². The molecule has 0 spiro atoms. The first-order valence-corrected chi connectivity index (χ1v) is 6.39. The van der Waals surface area contributed by atoms with Gasteiger partial charge in [-0.1, -0.05) is 12.1 Å². The highest BCUT2D eigenvalue weighted by atomic mass is 16.7. The van der Waals surface area contributed by atoms with E-state index in [0.717, 1.165) is 23.5 Å². The van der Waals surface area contributed by atoms with Crippen LogP contribution in [0.3, 0.4) is 0 Å². The van der Waals surface area contributed by atoms with E-state index in [4.69, 9.17) is 19.9 Å². The molecule has 0 aliphatic carbocycles. The number of nitrogens with two attached hydrogens (primary N) is 1. The third-order valence-corrected chi connectivity index (χ3v) is 2.39. The van der Waals surface area contributed by atoms with Crippen molar-refractivity contribution in [2.75, 3.05) is 20.0 Å². The molecule has 0 saturated heterocycles. The summed E-state index contributed by atoms with van der Waals surface area (Å²) in [5, 5.41) is 0. The van der Waals surface area contributed by atoms with Crippen molar-refractivity contribution in [1.29, 1.82) is 0 Å². The maximum atomic E-state index is 5.84. The van der Waals surface area contributed by atoms with E-state index in [1.54, 1.807) is 0 Å². The van der Waals surface area contributed by atoms with Gasteiger partial charge in [-0.2, -0.15) is 0 Å². The second kappa shape index (κ2) is 7.95. The van der Waals surface area contributed by atoms with E-state index in [9.17, 15) is 0 Å². The summed E-state index contributed by atoms with van der Waals surface area (Å²) in [4.78, 5) is 0. The standard InChI is InChI=1S/C14H23NO3/c1-4-16-10-18-14-12(9-11(3)15)7-6-8-13(14)17-5-2/h6-8,11H,4-5,9-10,15H2,1-3H3. The fraction of sp³-hybridized carbons (Fsp3) is 0.571. The number of benzene rings is 1. The number of hydrogen-bond donors (Lipinski definition) is 1. The van der Waals surface area contributed by atoms with Crippen molar-refractivity contribution >= 4 is 0 Å². The molecule has 0 fully saturated rings. The molecule has 0 aromatic heterocycles. The molecule has 0 radical (unpaired) electrons. The normalized spacial score (nSPS) is 12.2. The first-order chi connectivity index (χ1) is 8.69. The summed E-state index contributed by atoms with van der Waals surface area (Å²) in [6.07, 6.45) is 0.752. The SMILES string of the molecule is CCOCOc1c(CC(C)N)cccc1OCC. The van der Waals surface area contributed by atoms with E-state index in [1.165, 1.54) is 0 Å². The Balaban J connectivity index is 2.88. The summed E-state index contributed by atoms with van der Waals surface area (Å²) in [6.45, 7) is 7.31. The lowest BCUT2D eigenvalue weighted by Gasteiger charge is -2.16. The highest BCUT2D eigenvalue weighted by Gasteiger charge is 2.12. The van der Waals surface area contributed by atoms with E-state index >= 15 is 0 Å². The molecule has 4 heteroatoms. The van der Waals surface area contributed by atoms with Gasteiger partial charge in [-0.05, 0) is 38.8 Å². The Morgan fingerprint density at radius 2 is 1.94 bits per heavy atom. The van der Waals surface area contributed by atoms with E-state index in [2.05, 4.69) is 0 Å². The molecular weight excluding hydrogens is 230 g/mol. The fourth-order valence-corrected chi connectivity index (χ4v) is 1.69. The average molecular weight is 253 g/mol. The maximum Gasteiger partial charge on any atom is 0.189 e.